The largest absolute Gasteiger partial charge is 0.434 e. The van der Waals surface area contributed by atoms with Gasteiger partial charge in [0.05, 0.1) is 37.3 Å². The van der Waals surface area contributed by atoms with Gasteiger partial charge in [0.15, 0.2) is 0 Å². The Morgan fingerprint density at radius 3 is 2.55 bits per heavy atom. The lowest BCUT2D eigenvalue weighted by molar-refractivity contribution is -0.215. The second-order valence-electron chi connectivity index (χ2n) is 7.53. The first kappa shape index (κ1) is 23.6. The number of aliphatic hydroxyl groups is 1. The van der Waals surface area contributed by atoms with Crippen LogP contribution >= 0.6 is 0 Å². The molecule has 2 aliphatic rings. The van der Waals surface area contributed by atoms with E-state index < -0.39 is 46.6 Å². The van der Waals surface area contributed by atoms with Crippen LogP contribution in [0.5, 0.6) is 0 Å². The van der Waals surface area contributed by atoms with Crippen LogP contribution in [0, 0.1) is 0 Å². The molecular formula is C17H23F3N4O6S. The molecule has 2 saturated heterocycles. The van der Waals surface area contributed by atoms with Crippen LogP contribution in [0.25, 0.3) is 0 Å². The minimum Gasteiger partial charge on any atom is -0.434 e. The summed E-state index contributed by atoms with van der Waals surface area (Å²) in [5.74, 6) is 0. The zero-order valence-corrected chi connectivity index (χ0v) is 17.5. The van der Waals surface area contributed by atoms with Crippen LogP contribution in [0.1, 0.15) is 19.3 Å². The van der Waals surface area contributed by atoms with Crippen LogP contribution < -0.4 is 0 Å². The molecule has 1 amide bonds. The van der Waals surface area contributed by atoms with Crippen molar-refractivity contribution in [2.24, 2.45) is 0 Å². The van der Waals surface area contributed by atoms with Crippen molar-refractivity contribution in [2.75, 3.05) is 33.4 Å². The molecule has 3 rings (SSSR count). The summed E-state index contributed by atoms with van der Waals surface area (Å²) in [4.78, 5) is 20.6. The van der Waals surface area contributed by atoms with Gasteiger partial charge in [-0.05, 0) is 19.3 Å². The molecule has 0 bridgehead atoms. The summed E-state index contributed by atoms with van der Waals surface area (Å²) in [6, 6.07) is -0.451. The van der Waals surface area contributed by atoms with E-state index >= 15 is 0 Å². The first-order chi connectivity index (χ1) is 14.5. The van der Waals surface area contributed by atoms with Crippen molar-refractivity contribution in [1.29, 1.82) is 0 Å². The Kier molecular flexibility index (Phi) is 6.74. The molecule has 2 fully saturated rings. The van der Waals surface area contributed by atoms with Crippen LogP contribution in [0.3, 0.4) is 0 Å². The van der Waals surface area contributed by atoms with Crippen LogP contribution in [0.4, 0.5) is 18.0 Å². The fourth-order valence-electron chi connectivity index (χ4n) is 3.68. The number of sulfonamides is 1. The molecule has 10 nitrogen and oxygen atoms in total. The number of carbonyl (C=O) groups is 1. The van der Waals surface area contributed by atoms with Crippen molar-refractivity contribution in [3.63, 3.8) is 0 Å². The van der Waals surface area contributed by atoms with Gasteiger partial charge < -0.3 is 19.5 Å². The Labute approximate surface area is 177 Å². The van der Waals surface area contributed by atoms with E-state index in [0.717, 1.165) is 4.90 Å². The van der Waals surface area contributed by atoms with Crippen molar-refractivity contribution < 1.29 is 41.0 Å². The third-order valence-electron chi connectivity index (χ3n) is 5.62. The summed E-state index contributed by atoms with van der Waals surface area (Å²) in [6.07, 6.45) is -3.96. The normalized spacial score (nSPS) is 22.6. The fourth-order valence-corrected chi connectivity index (χ4v) is 4.93. The number of carbonyl (C=O) groups excluding carboxylic acids is 1. The average molecular weight is 468 g/mol. The summed E-state index contributed by atoms with van der Waals surface area (Å²) < 4.78 is 75.1. The highest BCUT2D eigenvalue weighted by Gasteiger charge is 2.48. The number of piperidine rings is 1. The van der Waals surface area contributed by atoms with Crippen molar-refractivity contribution in [2.45, 2.75) is 48.1 Å². The Hall–Kier alpha value is -2.03. The van der Waals surface area contributed by atoms with E-state index in [4.69, 9.17) is 9.84 Å². The third kappa shape index (κ3) is 5.07. The lowest BCUT2D eigenvalue weighted by Gasteiger charge is -2.38. The minimum atomic E-state index is -4.86. The molecule has 1 N–H and O–H groups in total. The predicted octanol–water partition coefficient (Wildman–Crippen LogP) is 0.780. The highest BCUT2D eigenvalue weighted by atomic mass is 32.2. The van der Waals surface area contributed by atoms with Crippen LogP contribution in [0.15, 0.2) is 23.6 Å². The van der Waals surface area contributed by atoms with Crippen molar-refractivity contribution >= 4 is 16.1 Å². The molecule has 1 aromatic rings. The maximum atomic E-state index is 12.8. The number of ether oxygens (including phenoxy) is 2. The summed E-state index contributed by atoms with van der Waals surface area (Å²) in [5.41, 5.74) is -0.682. The summed E-state index contributed by atoms with van der Waals surface area (Å²) >= 11 is 0. The highest BCUT2D eigenvalue weighted by Crippen LogP contribution is 2.38. The summed E-state index contributed by atoms with van der Waals surface area (Å²) in [7, 11) is -2.38. The molecular weight excluding hydrogens is 445 g/mol. The highest BCUT2D eigenvalue weighted by molar-refractivity contribution is 7.89. The van der Waals surface area contributed by atoms with E-state index in [1.807, 2.05) is 0 Å². The molecule has 0 saturated carbocycles. The van der Waals surface area contributed by atoms with Gasteiger partial charge in [-0.25, -0.2) is 23.2 Å². The Morgan fingerprint density at radius 2 is 2.00 bits per heavy atom. The molecule has 0 aliphatic carbocycles. The van der Waals surface area contributed by atoms with E-state index in [9.17, 15) is 26.4 Å². The van der Waals surface area contributed by atoms with Gasteiger partial charge in [-0.2, -0.15) is 17.5 Å². The number of likely N-dealkylation sites (N-methyl/N-ethyl adjacent to an activating group) is 1. The van der Waals surface area contributed by atoms with Crippen molar-refractivity contribution in [3.05, 3.63) is 18.7 Å². The van der Waals surface area contributed by atoms with Gasteiger partial charge in [0.1, 0.15) is 11.2 Å². The molecule has 1 unspecified atom stereocenters. The number of nitrogens with zero attached hydrogens (tertiary/aromatic N) is 4. The average Bonchev–Trinajstić information content (AvgIpc) is 3.14. The number of amides is 1. The smallest absolute Gasteiger partial charge is 0.427 e. The van der Waals surface area contributed by atoms with E-state index in [2.05, 4.69) is 14.7 Å². The predicted molar refractivity (Wildman–Crippen MR) is 98.3 cm³/mol. The molecule has 0 aromatic carbocycles. The van der Waals surface area contributed by atoms with E-state index in [1.54, 1.807) is 0 Å². The number of halogens is 3. The first-order valence-electron chi connectivity index (χ1n) is 9.49. The molecule has 3 heterocycles. The Morgan fingerprint density at radius 1 is 1.39 bits per heavy atom. The molecule has 14 heteroatoms. The maximum absolute atomic E-state index is 12.8. The zero-order chi connectivity index (χ0) is 22.9. The lowest BCUT2D eigenvalue weighted by atomic mass is 9.87. The van der Waals surface area contributed by atoms with E-state index in [-0.39, 0.29) is 24.6 Å². The second kappa shape index (κ2) is 8.84. The summed E-state index contributed by atoms with van der Waals surface area (Å²) in [5, 5.41) is 8.81. The van der Waals surface area contributed by atoms with Crippen LogP contribution in [-0.2, 0) is 19.5 Å². The van der Waals surface area contributed by atoms with Gasteiger partial charge in [0.2, 0.25) is 16.1 Å². The summed E-state index contributed by atoms with van der Waals surface area (Å²) in [6.45, 7) is -1.03. The number of hydrogen-bond acceptors (Lipinski definition) is 8. The number of aliphatic hydroxyl groups excluding tert-OH is 1. The molecule has 1 aromatic heterocycles. The number of aromatic nitrogens is 2. The standard InChI is InChI=1S/C17H23F3N4O6S/c1-23(31(27,28)13-7-21-11-22-8-13)12-6-16(29-10-12)2-4-24(5-3-16)15(26)30-14(9-25)17(18,19)20/h7-8,11-12,14,25H,2-6,9-10H2,1H3/t12?,14-/m1/s1. The van der Waals surface area contributed by atoms with Crippen LogP contribution in [-0.4, -0.2) is 96.1 Å². The van der Waals surface area contributed by atoms with E-state index in [1.165, 1.54) is 30.1 Å². The molecule has 0 radical (unpaired) electrons. The number of alkyl halides is 3. The zero-order valence-electron chi connectivity index (χ0n) is 16.7. The Balaban J connectivity index is 1.58. The van der Waals surface area contributed by atoms with Gasteiger partial charge >= 0.3 is 12.3 Å². The quantitative estimate of drug-likeness (QED) is 0.673. The molecule has 174 valence electrons. The molecule has 1 spiro atoms. The molecule has 2 atom stereocenters. The van der Waals surface area contributed by atoms with Gasteiger partial charge in [0.25, 0.3) is 0 Å². The maximum Gasteiger partial charge on any atom is 0.427 e. The van der Waals surface area contributed by atoms with Gasteiger partial charge in [-0.3, -0.25) is 0 Å². The van der Waals surface area contributed by atoms with Gasteiger partial charge in [0, 0.05) is 20.1 Å². The second-order valence-corrected chi connectivity index (χ2v) is 9.53. The van der Waals surface area contributed by atoms with Crippen molar-refractivity contribution in [3.8, 4) is 0 Å². The monoisotopic (exact) mass is 468 g/mol. The topological polar surface area (TPSA) is 122 Å². The third-order valence-corrected chi connectivity index (χ3v) is 7.49. The number of rotatable bonds is 5. The molecule has 2 aliphatic heterocycles. The SMILES string of the molecule is CN(C1COC2(CCN(C(=O)O[C@H](CO)C(F)(F)F)CC2)C1)S(=O)(=O)c1cncnc1. The first-order valence-corrected chi connectivity index (χ1v) is 10.9. The van der Waals surface area contributed by atoms with Gasteiger partial charge in [-0.1, -0.05) is 0 Å². The van der Waals surface area contributed by atoms with Crippen LogP contribution in [0.2, 0.25) is 0 Å². The molecule has 31 heavy (non-hydrogen) atoms. The van der Waals surface area contributed by atoms with Gasteiger partial charge in [-0.15, -0.1) is 0 Å². The van der Waals surface area contributed by atoms with Crippen molar-refractivity contribution in [1.82, 2.24) is 19.2 Å². The fraction of sp³-hybridized carbons (Fsp3) is 0.706. The Bertz CT molecular complexity index is 878. The number of likely N-dealkylation sites (tertiary alicyclic amines) is 1. The number of hydrogen-bond donors (Lipinski definition) is 1. The van der Waals surface area contributed by atoms with E-state index in [0.29, 0.717) is 19.3 Å². The minimum absolute atomic E-state index is 0.0425. The lowest BCUT2D eigenvalue weighted by Crippen LogP contribution is -2.49.